The number of aromatic hydroxyl groups is 1. The Bertz CT molecular complexity index is 1640. The fraction of sp³-hybridized carbons (Fsp3) is 0.394. The number of phenols is 1. The van der Waals surface area contributed by atoms with Gasteiger partial charge in [-0.05, 0) is 60.6 Å². The van der Waals surface area contributed by atoms with Crippen molar-refractivity contribution in [3.8, 4) is 5.75 Å². The second kappa shape index (κ2) is 19.6. The Hall–Kier alpha value is -5.29. The quantitative estimate of drug-likeness (QED) is 0.0403. The van der Waals surface area contributed by atoms with E-state index in [1.54, 1.807) is 18.3 Å². The number of aliphatic carboxylic acids is 1. The van der Waals surface area contributed by atoms with E-state index in [0.29, 0.717) is 23.3 Å². The van der Waals surface area contributed by atoms with E-state index in [1.165, 1.54) is 23.9 Å². The molecule has 0 aliphatic heterocycles. The molecule has 0 radical (unpaired) electrons. The molecule has 0 unspecified atom stereocenters. The summed E-state index contributed by atoms with van der Waals surface area (Å²) >= 11 is 1.44. The fourth-order valence-electron chi connectivity index (χ4n) is 5.04. The number of nitrogens with two attached hydrogens (primary N) is 3. The smallest absolute Gasteiger partial charge is 0.326 e. The number of carboxylic acid groups (broad SMARTS) is 1. The number of carboxylic acids is 1. The molecule has 0 bridgehead atoms. The number of aromatic amines is 1. The van der Waals surface area contributed by atoms with Crippen molar-refractivity contribution in [2.75, 3.05) is 25.1 Å². The number of phenolic OH excluding ortho intramolecular Hbond substituents is 1. The van der Waals surface area contributed by atoms with E-state index in [-0.39, 0.29) is 43.9 Å². The molecule has 0 saturated carbocycles. The van der Waals surface area contributed by atoms with Crippen LogP contribution in [-0.2, 0) is 36.8 Å². The number of aromatic nitrogens is 1. The molecule has 3 aromatic rings. The molecular weight excluding hydrogens is 666 g/mol. The molecule has 50 heavy (non-hydrogen) atoms. The van der Waals surface area contributed by atoms with Crippen LogP contribution in [0.4, 0.5) is 0 Å². The zero-order valence-corrected chi connectivity index (χ0v) is 28.5. The minimum absolute atomic E-state index is 0.0123. The molecule has 0 saturated heterocycles. The van der Waals surface area contributed by atoms with Crippen molar-refractivity contribution in [2.45, 2.75) is 56.3 Å². The van der Waals surface area contributed by atoms with Gasteiger partial charge in [0, 0.05) is 36.5 Å². The molecule has 17 heteroatoms. The second-order valence-corrected chi connectivity index (χ2v) is 12.6. The number of nitrogens with zero attached hydrogens (tertiary/aromatic N) is 1. The largest absolute Gasteiger partial charge is 0.508 e. The zero-order chi connectivity index (χ0) is 36.6. The van der Waals surface area contributed by atoms with Crippen LogP contribution in [0.2, 0.25) is 0 Å². The number of carbonyl (C=O) groups excluding carboxylic acids is 4. The van der Waals surface area contributed by atoms with E-state index < -0.39 is 60.3 Å². The molecule has 0 spiro atoms. The molecule has 1 aromatic heterocycles. The summed E-state index contributed by atoms with van der Waals surface area (Å²) in [6.07, 6.45) is 4.41. The van der Waals surface area contributed by atoms with Gasteiger partial charge in [-0.2, -0.15) is 11.8 Å². The van der Waals surface area contributed by atoms with E-state index in [4.69, 9.17) is 17.2 Å². The number of nitrogens with one attached hydrogen (secondary N) is 5. The number of para-hydroxylation sites is 1. The molecule has 4 amide bonds. The summed E-state index contributed by atoms with van der Waals surface area (Å²) in [6.45, 7) is -0.265. The third kappa shape index (κ3) is 12.6. The van der Waals surface area contributed by atoms with Gasteiger partial charge < -0.3 is 53.7 Å². The highest BCUT2D eigenvalue weighted by atomic mass is 32.2. The van der Waals surface area contributed by atoms with Gasteiger partial charge in [0.25, 0.3) is 0 Å². The summed E-state index contributed by atoms with van der Waals surface area (Å²) in [7, 11) is 0. The van der Waals surface area contributed by atoms with E-state index in [2.05, 4.69) is 31.2 Å². The predicted octanol–water partition coefficient (Wildman–Crippen LogP) is -0.552. The van der Waals surface area contributed by atoms with Crippen molar-refractivity contribution in [2.24, 2.45) is 22.2 Å². The molecule has 1 heterocycles. The number of aliphatic imine (C=N–C) groups is 1. The van der Waals surface area contributed by atoms with Gasteiger partial charge in [0.1, 0.15) is 23.9 Å². The van der Waals surface area contributed by atoms with Crippen LogP contribution in [0.3, 0.4) is 0 Å². The van der Waals surface area contributed by atoms with Crippen LogP contribution in [0.5, 0.6) is 5.75 Å². The Morgan fingerprint density at radius 1 is 0.880 bits per heavy atom. The van der Waals surface area contributed by atoms with Crippen molar-refractivity contribution in [1.82, 2.24) is 26.3 Å². The van der Waals surface area contributed by atoms with Gasteiger partial charge in [0.15, 0.2) is 5.96 Å². The van der Waals surface area contributed by atoms with Crippen molar-refractivity contribution >= 4 is 58.2 Å². The van der Waals surface area contributed by atoms with Gasteiger partial charge in [0.2, 0.25) is 23.6 Å². The molecule has 0 aliphatic rings. The molecular formula is C33H45N9O7S. The number of benzene rings is 2. The molecule has 3 rings (SSSR count). The number of hydrogen-bond donors (Lipinski definition) is 10. The van der Waals surface area contributed by atoms with Crippen molar-refractivity contribution in [1.29, 1.82) is 0 Å². The molecule has 13 N–H and O–H groups in total. The summed E-state index contributed by atoms with van der Waals surface area (Å²) in [5, 5.41) is 30.6. The van der Waals surface area contributed by atoms with E-state index >= 15 is 0 Å². The topological polar surface area (TPSA) is 280 Å². The Morgan fingerprint density at radius 3 is 2.26 bits per heavy atom. The van der Waals surface area contributed by atoms with Gasteiger partial charge in [-0.1, -0.05) is 30.3 Å². The number of H-pyrrole nitrogens is 1. The third-order valence-electron chi connectivity index (χ3n) is 7.71. The van der Waals surface area contributed by atoms with Crippen LogP contribution in [-0.4, -0.2) is 100 Å². The van der Waals surface area contributed by atoms with Gasteiger partial charge in [-0.3, -0.25) is 24.2 Å². The first kappa shape index (κ1) is 39.2. The lowest BCUT2D eigenvalue weighted by Crippen LogP contribution is -2.55. The first-order chi connectivity index (χ1) is 23.9. The molecule has 16 nitrogen and oxygen atoms in total. The van der Waals surface area contributed by atoms with Crippen molar-refractivity contribution in [3.05, 3.63) is 65.9 Å². The molecule has 0 aliphatic carbocycles. The molecule has 2 aromatic carbocycles. The minimum Gasteiger partial charge on any atom is -0.508 e. The van der Waals surface area contributed by atoms with Crippen molar-refractivity contribution in [3.63, 3.8) is 0 Å². The average Bonchev–Trinajstić information content (AvgIpc) is 3.49. The van der Waals surface area contributed by atoms with Crippen LogP contribution in [0, 0.1) is 0 Å². The standard InChI is InChI=1S/C33H45N9O7S/c1-50-14-12-25(31(47)42-27(32(48)49)16-20-17-38-24-7-3-2-5-22(20)24)40-28(44)18-39-30(46)26(15-19-8-10-21(43)11-9-19)41-29(45)23(34)6-4-13-37-33(35)36/h2-3,5,7-11,17,23,25-27,38,43H,4,6,12-16,18,34H2,1H3,(H,39,46)(H,40,44)(H,41,45)(H,42,47)(H,48,49)(H4,35,36,37)/t23-,25-,26-,27-/m0/s1. The monoisotopic (exact) mass is 711 g/mol. The SMILES string of the molecule is CSCC[C@H](NC(=O)CNC(=O)[C@H](Cc1ccc(O)cc1)NC(=O)[C@@H](N)CCCN=C(N)N)C(=O)N[C@@H](Cc1c[nH]c2ccccc12)C(=O)O. The highest BCUT2D eigenvalue weighted by Crippen LogP contribution is 2.19. The third-order valence-corrected chi connectivity index (χ3v) is 8.36. The Kier molecular flexibility index (Phi) is 15.4. The zero-order valence-electron chi connectivity index (χ0n) is 27.7. The first-order valence-electron chi connectivity index (χ1n) is 15.9. The van der Waals surface area contributed by atoms with Gasteiger partial charge >= 0.3 is 5.97 Å². The van der Waals surface area contributed by atoms with Crippen LogP contribution in [0.15, 0.2) is 59.7 Å². The summed E-state index contributed by atoms with van der Waals surface area (Å²) < 4.78 is 0. The Labute approximate surface area is 293 Å². The maximum Gasteiger partial charge on any atom is 0.326 e. The summed E-state index contributed by atoms with van der Waals surface area (Å²) in [4.78, 5) is 71.5. The van der Waals surface area contributed by atoms with Crippen LogP contribution < -0.4 is 38.5 Å². The first-order valence-corrected chi connectivity index (χ1v) is 17.3. The minimum atomic E-state index is -1.27. The fourth-order valence-corrected chi connectivity index (χ4v) is 5.51. The van der Waals surface area contributed by atoms with E-state index in [9.17, 15) is 34.2 Å². The van der Waals surface area contributed by atoms with Crippen LogP contribution in [0.1, 0.15) is 30.4 Å². The van der Waals surface area contributed by atoms with E-state index in [0.717, 1.165) is 10.9 Å². The number of carbonyl (C=O) groups is 5. The lowest BCUT2D eigenvalue weighted by molar-refractivity contribution is -0.142. The number of fused-ring (bicyclic) bond motifs is 1. The number of rotatable bonds is 20. The number of amides is 4. The lowest BCUT2D eigenvalue weighted by atomic mass is 10.0. The number of thioether (sulfide) groups is 1. The Morgan fingerprint density at radius 2 is 1.58 bits per heavy atom. The molecule has 0 fully saturated rings. The summed E-state index contributed by atoms with van der Waals surface area (Å²) in [5.41, 5.74) is 18.8. The summed E-state index contributed by atoms with van der Waals surface area (Å²) in [6, 6.07) is 8.97. The highest BCUT2D eigenvalue weighted by molar-refractivity contribution is 7.98. The number of hydrogen-bond acceptors (Lipinski definition) is 9. The van der Waals surface area contributed by atoms with Crippen molar-refractivity contribution < 1.29 is 34.2 Å². The summed E-state index contributed by atoms with van der Waals surface area (Å²) in [5.74, 6) is -3.49. The normalized spacial score (nSPS) is 13.3. The Balaban J connectivity index is 1.63. The maximum absolute atomic E-state index is 13.3. The van der Waals surface area contributed by atoms with Crippen LogP contribution in [0.25, 0.3) is 10.9 Å². The van der Waals surface area contributed by atoms with Gasteiger partial charge in [0.05, 0.1) is 12.6 Å². The lowest BCUT2D eigenvalue weighted by Gasteiger charge is -2.23. The van der Waals surface area contributed by atoms with E-state index in [1.807, 2.05) is 30.5 Å². The predicted molar refractivity (Wildman–Crippen MR) is 191 cm³/mol. The molecule has 270 valence electrons. The van der Waals surface area contributed by atoms with Crippen LogP contribution >= 0.6 is 11.8 Å². The molecule has 4 atom stereocenters. The van der Waals surface area contributed by atoms with Gasteiger partial charge in [-0.15, -0.1) is 0 Å². The maximum atomic E-state index is 13.3. The average molecular weight is 712 g/mol. The number of guanidine groups is 1. The van der Waals surface area contributed by atoms with Gasteiger partial charge in [-0.25, -0.2) is 4.79 Å². The highest BCUT2D eigenvalue weighted by Gasteiger charge is 2.28. The second-order valence-electron chi connectivity index (χ2n) is 11.6.